The Kier molecular flexibility index (Phi) is 5.40. The number of furan rings is 1. The van der Waals surface area contributed by atoms with Gasteiger partial charge in [-0.25, -0.2) is 0 Å². The zero-order valence-corrected chi connectivity index (χ0v) is 13.4. The lowest BCUT2D eigenvalue weighted by Gasteiger charge is -2.25. The smallest absolute Gasteiger partial charge is 0.223 e. The Balaban J connectivity index is 2.68. The van der Waals surface area contributed by atoms with Crippen LogP contribution in [0.15, 0.2) is 10.5 Å². The van der Waals surface area contributed by atoms with Crippen molar-refractivity contribution >= 4 is 5.91 Å². The van der Waals surface area contributed by atoms with Crippen molar-refractivity contribution in [1.82, 2.24) is 5.32 Å². The van der Waals surface area contributed by atoms with Gasteiger partial charge in [-0.15, -0.1) is 0 Å². The second kappa shape index (κ2) is 6.44. The quantitative estimate of drug-likeness (QED) is 0.842. The fourth-order valence-electron chi connectivity index (χ4n) is 2.29. The SMILES string of the molecule is CCC(C)C(C)C(=O)NCC(C)(O)c1cc(C)oc1C. The topological polar surface area (TPSA) is 62.5 Å². The molecule has 0 aromatic carbocycles. The van der Waals surface area contributed by atoms with Crippen molar-refractivity contribution < 1.29 is 14.3 Å². The Morgan fingerprint density at radius 2 is 2.05 bits per heavy atom. The lowest BCUT2D eigenvalue weighted by Crippen LogP contribution is -2.41. The van der Waals surface area contributed by atoms with Gasteiger partial charge in [0, 0.05) is 11.5 Å². The number of rotatable bonds is 6. The molecule has 0 saturated heterocycles. The summed E-state index contributed by atoms with van der Waals surface area (Å²) in [6.45, 7) is 11.6. The minimum Gasteiger partial charge on any atom is -0.466 e. The van der Waals surface area contributed by atoms with Gasteiger partial charge in [-0.3, -0.25) is 4.79 Å². The summed E-state index contributed by atoms with van der Waals surface area (Å²) in [6, 6.07) is 1.82. The van der Waals surface area contributed by atoms with E-state index in [1.54, 1.807) is 6.92 Å². The van der Waals surface area contributed by atoms with Crippen LogP contribution in [0, 0.1) is 25.7 Å². The maximum Gasteiger partial charge on any atom is 0.223 e. The zero-order valence-electron chi connectivity index (χ0n) is 13.4. The maximum absolute atomic E-state index is 12.1. The molecule has 1 heterocycles. The first-order chi connectivity index (χ1) is 9.19. The van der Waals surface area contributed by atoms with Gasteiger partial charge in [0.05, 0.1) is 6.54 Å². The zero-order chi connectivity index (χ0) is 15.5. The first kappa shape index (κ1) is 16.8. The second-order valence-electron chi connectivity index (χ2n) is 5.99. The van der Waals surface area contributed by atoms with Crippen LogP contribution in [0.25, 0.3) is 0 Å². The van der Waals surface area contributed by atoms with Crippen LogP contribution in [0.1, 0.15) is 51.2 Å². The predicted octanol–water partition coefficient (Wildman–Crippen LogP) is 2.90. The van der Waals surface area contributed by atoms with Gasteiger partial charge in [0.25, 0.3) is 0 Å². The molecule has 0 spiro atoms. The third-order valence-corrected chi connectivity index (χ3v) is 4.14. The number of hydrogen-bond donors (Lipinski definition) is 2. The van der Waals surface area contributed by atoms with Gasteiger partial charge in [0.1, 0.15) is 17.1 Å². The summed E-state index contributed by atoms with van der Waals surface area (Å²) in [6.07, 6.45) is 0.963. The van der Waals surface area contributed by atoms with Crippen LogP contribution in [0.5, 0.6) is 0 Å². The van der Waals surface area contributed by atoms with Crippen molar-refractivity contribution in [3.05, 3.63) is 23.2 Å². The molecule has 0 radical (unpaired) electrons. The number of amides is 1. The van der Waals surface area contributed by atoms with Crippen LogP contribution in [-0.4, -0.2) is 17.6 Å². The van der Waals surface area contributed by atoms with Gasteiger partial charge < -0.3 is 14.8 Å². The molecule has 1 rings (SSSR count). The number of nitrogens with one attached hydrogen (secondary N) is 1. The van der Waals surface area contributed by atoms with E-state index in [2.05, 4.69) is 19.2 Å². The molecule has 4 nitrogen and oxygen atoms in total. The summed E-state index contributed by atoms with van der Waals surface area (Å²) in [5, 5.41) is 13.4. The van der Waals surface area contributed by atoms with E-state index in [1.807, 2.05) is 26.8 Å². The normalized spacial score (nSPS) is 17.4. The molecule has 0 saturated carbocycles. The Hall–Kier alpha value is -1.29. The number of carbonyl (C=O) groups is 1. The minimum absolute atomic E-state index is 0.0162. The van der Waals surface area contributed by atoms with Crippen molar-refractivity contribution in [2.45, 2.75) is 53.6 Å². The van der Waals surface area contributed by atoms with E-state index in [9.17, 15) is 9.90 Å². The van der Waals surface area contributed by atoms with E-state index in [0.29, 0.717) is 11.7 Å². The van der Waals surface area contributed by atoms with Crippen LogP contribution in [0.3, 0.4) is 0 Å². The van der Waals surface area contributed by atoms with Crippen LogP contribution >= 0.6 is 0 Å². The molecule has 1 aromatic rings. The van der Waals surface area contributed by atoms with E-state index < -0.39 is 5.60 Å². The summed E-state index contributed by atoms with van der Waals surface area (Å²) >= 11 is 0. The number of aliphatic hydroxyl groups is 1. The summed E-state index contributed by atoms with van der Waals surface area (Å²) in [7, 11) is 0. The van der Waals surface area contributed by atoms with E-state index in [1.165, 1.54) is 0 Å². The lowest BCUT2D eigenvalue weighted by molar-refractivity contribution is -0.127. The largest absolute Gasteiger partial charge is 0.466 e. The van der Waals surface area contributed by atoms with Crippen LogP contribution in [0.2, 0.25) is 0 Å². The molecular weight excluding hydrogens is 254 g/mol. The standard InChI is InChI=1S/C16H27NO3/c1-7-10(2)12(4)15(18)17-9-16(6,19)14-8-11(3)20-13(14)5/h8,10,12,19H,7,9H2,1-6H3,(H,17,18). The van der Waals surface area contributed by atoms with Gasteiger partial charge in [0.15, 0.2) is 0 Å². The first-order valence-corrected chi connectivity index (χ1v) is 7.26. The summed E-state index contributed by atoms with van der Waals surface area (Å²) < 4.78 is 5.44. The van der Waals surface area contributed by atoms with E-state index in [0.717, 1.165) is 17.7 Å². The highest BCUT2D eigenvalue weighted by molar-refractivity contribution is 5.78. The number of hydrogen-bond acceptors (Lipinski definition) is 3. The van der Waals surface area contributed by atoms with Gasteiger partial charge in [0.2, 0.25) is 5.91 Å². The molecule has 1 amide bonds. The van der Waals surface area contributed by atoms with Gasteiger partial charge >= 0.3 is 0 Å². The average Bonchev–Trinajstić information content (AvgIpc) is 2.74. The molecule has 0 aliphatic carbocycles. The molecule has 0 fully saturated rings. The van der Waals surface area contributed by atoms with E-state index in [4.69, 9.17) is 4.42 Å². The van der Waals surface area contributed by atoms with Gasteiger partial charge in [-0.1, -0.05) is 27.2 Å². The Morgan fingerprint density at radius 3 is 2.50 bits per heavy atom. The molecule has 2 N–H and O–H groups in total. The van der Waals surface area contributed by atoms with Gasteiger partial charge in [-0.05, 0) is 32.8 Å². The third kappa shape index (κ3) is 3.85. The average molecular weight is 281 g/mol. The summed E-state index contributed by atoms with van der Waals surface area (Å²) in [5.74, 6) is 1.71. The predicted molar refractivity (Wildman–Crippen MR) is 79.4 cm³/mol. The number of aryl methyl sites for hydroxylation is 2. The van der Waals surface area contributed by atoms with Crippen molar-refractivity contribution in [1.29, 1.82) is 0 Å². The monoisotopic (exact) mass is 281 g/mol. The Labute approximate surface area is 121 Å². The minimum atomic E-state index is -1.12. The van der Waals surface area contributed by atoms with Crippen molar-refractivity contribution in [2.75, 3.05) is 6.54 Å². The fraction of sp³-hybridized carbons (Fsp3) is 0.688. The molecule has 3 atom stereocenters. The molecule has 0 bridgehead atoms. The van der Waals surface area contributed by atoms with Crippen LogP contribution in [-0.2, 0) is 10.4 Å². The van der Waals surface area contributed by atoms with Crippen molar-refractivity contribution in [3.8, 4) is 0 Å². The van der Waals surface area contributed by atoms with Crippen molar-refractivity contribution in [2.24, 2.45) is 11.8 Å². The molecule has 0 aliphatic rings. The summed E-state index contributed by atoms with van der Waals surface area (Å²) in [4.78, 5) is 12.1. The van der Waals surface area contributed by atoms with E-state index >= 15 is 0 Å². The highest BCUT2D eigenvalue weighted by Crippen LogP contribution is 2.26. The Morgan fingerprint density at radius 1 is 1.45 bits per heavy atom. The van der Waals surface area contributed by atoms with Gasteiger partial charge in [-0.2, -0.15) is 0 Å². The first-order valence-electron chi connectivity index (χ1n) is 7.26. The lowest BCUT2D eigenvalue weighted by atomic mass is 9.92. The van der Waals surface area contributed by atoms with Crippen molar-refractivity contribution in [3.63, 3.8) is 0 Å². The molecular formula is C16H27NO3. The molecule has 3 unspecified atom stereocenters. The Bertz CT molecular complexity index is 462. The summed E-state index contributed by atoms with van der Waals surface area (Å²) in [5.41, 5.74) is -0.390. The molecule has 1 aromatic heterocycles. The number of carbonyl (C=O) groups excluding carboxylic acids is 1. The van der Waals surface area contributed by atoms with Crippen LogP contribution in [0.4, 0.5) is 0 Å². The fourth-order valence-corrected chi connectivity index (χ4v) is 2.29. The maximum atomic E-state index is 12.1. The second-order valence-corrected chi connectivity index (χ2v) is 5.99. The molecule has 0 aliphatic heterocycles. The highest BCUT2D eigenvalue weighted by atomic mass is 16.3. The third-order valence-electron chi connectivity index (χ3n) is 4.14. The molecule has 4 heteroatoms. The highest BCUT2D eigenvalue weighted by Gasteiger charge is 2.29. The molecule has 20 heavy (non-hydrogen) atoms. The van der Waals surface area contributed by atoms with Crippen LogP contribution < -0.4 is 5.32 Å². The van der Waals surface area contributed by atoms with E-state index in [-0.39, 0.29) is 18.4 Å². The molecule has 114 valence electrons.